The molecular formula is CHP45. The van der Waals surface area contributed by atoms with E-state index in [0.717, 1.165) is 0 Å². The van der Waals surface area contributed by atoms with Crippen molar-refractivity contribution in [2.24, 2.45) is 0 Å². The van der Waals surface area contributed by atoms with Crippen LogP contribution >= 0.6 is 342 Å². The van der Waals surface area contributed by atoms with Crippen LogP contribution in [0.5, 0.6) is 0 Å². The molecule has 0 spiro atoms. The molecule has 0 aliphatic rings. The van der Waals surface area contributed by atoms with Gasteiger partial charge in [-0.25, -0.2) is 0 Å². The fourth-order valence-electron chi connectivity index (χ4n) is 0.758. The van der Waals surface area contributed by atoms with Crippen molar-refractivity contribution in [3.63, 3.8) is 0 Å². The summed E-state index contributed by atoms with van der Waals surface area (Å²) in [4.78, 5) is 0. The molecule has 0 radical (unpaired) electrons. The van der Waals surface area contributed by atoms with Crippen molar-refractivity contribution in [1.29, 1.82) is 0 Å². The Labute approximate surface area is 342 Å². The summed E-state index contributed by atoms with van der Waals surface area (Å²) in [6, 6.07) is 0. The maximum absolute atomic E-state index is 4.00. The summed E-state index contributed by atoms with van der Waals surface area (Å²) in [7, 11) is 74.9. The predicted molar refractivity (Wildman–Crippen MR) is 317 cm³/mol. The van der Waals surface area contributed by atoms with Crippen LogP contribution in [0.15, 0.2) is 0 Å². The molecule has 0 nitrogen and oxygen atoms in total. The van der Waals surface area contributed by atoms with E-state index in [9.17, 15) is 0 Å². The van der Waals surface area contributed by atoms with E-state index >= 15 is 0 Å². The Morgan fingerprint density at radius 3 is 0.478 bits per heavy atom. The molecule has 0 atom stereocenters. The van der Waals surface area contributed by atoms with E-state index in [0.29, 0.717) is 0 Å². The Kier molecular flexibility index (Phi) is 75.4. The SMILES string of the molecule is P#CP=PP=PP=PP=PP=PP=PP=PP=PP=PP=PP=PP=PP=PP=PP=PP=PP=PP=PP=PP=PP=PP=P. The third-order valence-corrected chi connectivity index (χ3v) is 136. The first-order valence-corrected chi connectivity index (χ1v) is 79.0. The van der Waals surface area contributed by atoms with Gasteiger partial charge in [0, 0.05) is 181 Å². The molecule has 0 aliphatic heterocycles. The molecule has 0 amide bonds. The minimum absolute atomic E-state index is 1.21. The van der Waals surface area contributed by atoms with E-state index in [2.05, 4.69) is 22.6 Å². The van der Waals surface area contributed by atoms with Crippen LogP contribution in [0.25, 0.3) is 0 Å². The molecular weight excluding hydrogens is 1410 g/mol. The molecule has 230 valence electrons. The van der Waals surface area contributed by atoms with Gasteiger partial charge in [-0.15, -0.1) is 0 Å². The van der Waals surface area contributed by atoms with Gasteiger partial charge >= 0.3 is 97.5 Å². The normalized spacial score (nSPS) is 15.1. The van der Waals surface area contributed by atoms with Crippen molar-refractivity contribution in [3.8, 4) is 5.37 Å². The minimum Gasteiger partial charge on any atom is -0.0835 e. The minimum atomic E-state index is 1.21. The second-order valence-corrected chi connectivity index (χ2v) is 104. The van der Waals surface area contributed by atoms with Crippen LogP contribution in [0, 0.1) is 5.37 Å². The Morgan fingerprint density at radius 2 is 0.348 bits per heavy atom. The molecule has 0 fully saturated rings. The topological polar surface area (TPSA) is 0 Å². The molecule has 0 heterocycles. The van der Waals surface area contributed by atoms with Crippen LogP contribution in [0.4, 0.5) is 0 Å². The molecule has 0 aromatic heterocycles. The molecule has 0 saturated heterocycles. The molecule has 0 aliphatic carbocycles. The average Bonchev–Trinajstić information content (AvgIpc) is 3.07. The van der Waals surface area contributed by atoms with Crippen LogP contribution in [-0.4, -0.2) is 0 Å². The molecule has 0 unspecified atom stereocenters. The quantitative estimate of drug-likeness (QED) is 0.101. The molecule has 46 heavy (non-hydrogen) atoms. The van der Waals surface area contributed by atoms with Gasteiger partial charge in [-0.3, -0.25) is 0 Å². The first-order valence-electron chi connectivity index (χ1n) is 9.07. The summed E-state index contributed by atoms with van der Waals surface area (Å²) in [5.41, 5.74) is 0. The molecule has 0 saturated carbocycles. The second-order valence-electron chi connectivity index (χ2n) is 3.97. The van der Waals surface area contributed by atoms with Gasteiger partial charge in [0.2, 0.25) is 0 Å². The number of rotatable bonds is 21. The van der Waals surface area contributed by atoms with Crippen molar-refractivity contribution in [3.05, 3.63) is 0 Å². The maximum atomic E-state index is 4.00. The van der Waals surface area contributed by atoms with Gasteiger partial charge in [0.05, 0.1) is 0 Å². The van der Waals surface area contributed by atoms with E-state index in [1.165, 1.54) is 53.2 Å². The summed E-state index contributed by atoms with van der Waals surface area (Å²) >= 11 is 0. The zero-order chi connectivity index (χ0) is 33.1. The van der Waals surface area contributed by atoms with E-state index in [1.807, 2.05) is 0 Å². The van der Waals surface area contributed by atoms with Crippen LogP contribution in [0.1, 0.15) is 0 Å². The van der Waals surface area contributed by atoms with E-state index in [4.69, 9.17) is 0 Å². The van der Waals surface area contributed by atoms with E-state index in [1.54, 1.807) is 272 Å². The summed E-state index contributed by atoms with van der Waals surface area (Å²) < 4.78 is 0. The van der Waals surface area contributed by atoms with Crippen molar-refractivity contribution in [2.45, 2.75) is 0 Å². The molecule has 0 rings (SSSR count). The van der Waals surface area contributed by atoms with Crippen molar-refractivity contribution >= 4 is 342 Å². The number of hydrogen-bond donors (Lipinski definition) is 0. The Hall–Kier alpha value is 13.4. The zero-order valence-corrected chi connectivity index (χ0v) is 61.0. The first-order chi connectivity index (χ1) is 22.9. The summed E-state index contributed by atoms with van der Waals surface area (Å²) in [5.74, 6) is 0. The van der Waals surface area contributed by atoms with Crippen molar-refractivity contribution in [2.75, 3.05) is 0 Å². The van der Waals surface area contributed by atoms with Gasteiger partial charge in [0.1, 0.15) is 0 Å². The fraction of sp³-hybridized carbons (Fsp3) is 0. The average molecular weight is 1410 g/mol. The third kappa shape index (κ3) is 57.4. The standard InChI is InChI=1S/CHP45/c2-1-4-6-8-10-12-14-16-18-20-22-24-26-28-30-32-34-36-38-40-42-44-46-45-43-41-39-37-35-33-31-29-27-25-23-21-19-17-15-13-11-9-7-5-3/h3H. The predicted octanol–water partition coefficient (Wildman–Crippen LogP) is 38.5. The zero-order valence-electron chi connectivity index (χ0n) is 20.7. The van der Waals surface area contributed by atoms with Gasteiger partial charge in [0.25, 0.3) is 0 Å². The Bertz CT molecular complexity index is 1470. The van der Waals surface area contributed by atoms with Gasteiger partial charge in [-0.05, 0) is 60.4 Å². The molecule has 0 aromatic rings. The van der Waals surface area contributed by atoms with Gasteiger partial charge < -0.3 is 0 Å². The van der Waals surface area contributed by atoms with E-state index < -0.39 is 0 Å². The van der Waals surface area contributed by atoms with Gasteiger partial charge in [-0.1, -0.05) is 8.53 Å². The van der Waals surface area contributed by atoms with Crippen molar-refractivity contribution in [1.82, 2.24) is 0 Å². The number of hydrogen-bond acceptors (Lipinski definition) is 0. The van der Waals surface area contributed by atoms with Crippen LogP contribution in [-0.2, 0) is 0 Å². The van der Waals surface area contributed by atoms with Crippen molar-refractivity contribution < 1.29 is 0 Å². The van der Waals surface area contributed by atoms with Crippen LogP contribution in [0.3, 0.4) is 0 Å². The summed E-state index contributed by atoms with van der Waals surface area (Å²) in [6.45, 7) is 0. The molecule has 0 aromatic carbocycles. The van der Waals surface area contributed by atoms with Crippen LogP contribution < -0.4 is 0 Å². The van der Waals surface area contributed by atoms with Gasteiger partial charge in [-0.2, -0.15) is 0 Å². The summed E-state index contributed by atoms with van der Waals surface area (Å²) in [6.07, 6.45) is 0. The molecule has 0 N–H and O–H groups in total. The smallest absolute Gasteiger partial charge is 0.0835 e. The van der Waals surface area contributed by atoms with E-state index in [-0.39, 0.29) is 0 Å². The Balaban J connectivity index is 4.04. The monoisotopic (exact) mass is 1410 g/mol. The first kappa shape index (κ1) is 59.4. The van der Waals surface area contributed by atoms with Gasteiger partial charge in [0.15, 0.2) is 0 Å². The third-order valence-electron chi connectivity index (χ3n) is 1.73. The fourth-order valence-corrected chi connectivity index (χ4v) is 178. The second kappa shape index (κ2) is 58.4. The molecule has 45 heteroatoms. The Morgan fingerprint density at radius 1 is 0.217 bits per heavy atom. The molecule has 0 bridgehead atoms. The summed E-state index contributed by atoms with van der Waals surface area (Å²) in [5, 5.41) is 2.87. The van der Waals surface area contributed by atoms with Crippen LogP contribution in [0.2, 0.25) is 0 Å².